The Morgan fingerprint density at radius 1 is 0.864 bits per heavy atom. The van der Waals surface area contributed by atoms with E-state index in [0.29, 0.717) is 24.4 Å². The number of carbonyl (C=O) groups excluding carboxylic acids is 3. The van der Waals surface area contributed by atoms with Crippen LogP contribution in [0.15, 0.2) is 42.0 Å². The molecule has 5 aliphatic carbocycles. The maximum absolute atomic E-state index is 14.8. The second kappa shape index (κ2) is 10.1. The van der Waals surface area contributed by atoms with Crippen molar-refractivity contribution >= 4 is 17.5 Å². The number of allylic oxidation sites excluding steroid dienone is 2. The standard InChI is InChI=1S/C39H51NO4/c1-34(2)15-13-27-31-28(41)21-30-36(5)22-26(23-40)32(42)35(3,4)29(36)14-16-37(30,6)38(31,7)18-20-39(27,19-17-34)24-44-33(43)25-11-9-8-10-12-25/h8-12,22,27,29-31H,13-21,24H2,1-7H3/t27?,29-,30?,31?,36-,37+,38+,39+/m0/s1. The Hall–Kier alpha value is -2.74. The van der Waals surface area contributed by atoms with E-state index in [1.807, 2.05) is 38.1 Å². The van der Waals surface area contributed by atoms with Crippen LogP contribution in [0.4, 0.5) is 0 Å². The smallest absolute Gasteiger partial charge is 0.338 e. The van der Waals surface area contributed by atoms with Gasteiger partial charge in [-0.3, -0.25) is 9.59 Å². The molecule has 0 bridgehead atoms. The van der Waals surface area contributed by atoms with Gasteiger partial charge in [0.25, 0.3) is 0 Å². The van der Waals surface area contributed by atoms with Gasteiger partial charge in [0.15, 0.2) is 5.78 Å². The molecule has 0 saturated heterocycles. The molecule has 5 nitrogen and oxygen atoms in total. The van der Waals surface area contributed by atoms with Crippen molar-refractivity contribution in [1.29, 1.82) is 5.26 Å². The van der Waals surface area contributed by atoms with Gasteiger partial charge >= 0.3 is 5.97 Å². The van der Waals surface area contributed by atoms with E-state index in [4.69, 9.17) is 4.74 Å². The number of benzene rings is 1. The summed E-state index contributed by atoms with van der Waals surface area (Å²) in [7, 11) is 0. The Balaban J connectivity index is 1.39. The van der Waals surface area contributed by atoms with Crippen molar-refractivity contribution in [2.45, 2.75) is 106 Å². The van der Waals surface area contributed by atoms with Crippen molar-refractivity contribution in [3.8, 4) is 6.07 Å². The number of rotatable bonds is 3. The molecule has 5 heteroatoms. The van der Waals surface area contributed by atoms with Gasteiger partial charge in [-0.2, -0.15) is 5.26 Å². The number of fused-ring (bicyclic) bond motifs is 7. The molecule has 0 spiro atoms. The van der Waals surface area contributed by atoms with Crippen molar-refractivity contribution in [3.63, 3.8) is 0 Å². The lowest BCUT2D eigenvalue weighted by Crippen LogP contribution is -2.68. The van der Waals surface area contributed by atoms with Crippen LogP contribution in [0.25, 0.3) is 0 Å². The second-order valence-corrected chi connectivity index (χ2v) is 17.3. The number of ether oxygens (including phenoxy) is 1. The van der Waals surface area contributed by atoms with E-state index >= 15 is 0 Å². The maximum atomic E-state index is 14.8. The molecule has 1 aromatic rings. The van der Waals surface area contributed by atoms with Gasteiger partial charge in [-0.05, 0) is 103 Å². The Labute approximate surface area is 264 Å². The summed E-state index contributed by atoms with van der Waals surface area (Å²) >= 11 is 0. The van der Waals surface area contributed by atoms with Crippen molar-refractivity contribution in [2.24, 2.45) is 56.2 Å². The number of esters is 1. The quantitative estimate of drug-likeness (QED) is 0.326. The zero-order valence-electron chi connectivity index (χ0n) is 27.9. The first-order valence-electron chi connectivity index (χ1n) is 17.0. The molecular weight excluding hydrogens is 546 g/mol. The summed E-state index contributed by atoms with van der Waals surface area (Å²) in [6.07, 6.45) is 10.3. The van der Waals surface area contributed by atoms with Crippen LogP contribution in [0.1, 0.15) is 117 Å². The van der Waals surface area contributed by atoms with E-state index in [1.165, 1.54) is 0 Å². The predicted molar refractivity (Wildman–Crippen MR) is 170 cm³/mol. The zero-order chi connectivity index (χ0) is 31.9. The highest BCUT2D eigenvalue weighted by atomic mass is 16.5. The minimum Gasteiger partial charge on any atom is -0.461 e. The van der Waals surface area contributed by atoms with Gasteiger partial charge in [-0.15, -0.1) is 0 Å². The zero-order valence-corrected chi connectivity index (χ0v) is 27.9. The van der Waals surface area contributed by atoms with Crippen LogP contribution in [0.3, 0.4) is 0 Å². The average Bonchev–Trinajstić information content (AvgIpc) is 3.11. The molecule has 0 aliphatic heterocycles. The number of hydrogen-bond donors (Lipinski definition) is 0. The van der Waals surface area contributed by atoms with Crippen LogP contribution in [-0.4, -0.2) is 24.1 Å². The molecule has 0 heterocycles. The van der Waals surface area contributed by atoms with E-state index in [0.717, 1.165) is 51.4 Å². The molecule has 0 radical (unpaired) electrons. The maximum Gasteiger partial charge on any atom is 0.338 e. The molecule has 44 heavy (non-hydrogen) atoms. The first-order valence-corrected chi connectivity index (χ1v) is 17.0. The number of hydrogen-bond acceptors (Lipinski definition) is 5. The largest absolute Gasteiger partial charge is 0.461 e. The third-order valence-electron chi connectivity index (χ3n) is 14.5. The van der Waals surface area contributed by atoms with Crippen molar-refractivity contribution in [1.82, 2.24) is 0 Å². The Bertz CT molecular complexity index is 1450. The Kier molecular flexibility index (Phi) is 7.20. The summed E-state index contributed by atoms with van der Waals surface area (Å²) in [4.78, 5) is 41.3. The van der Waals surface area contributed by atoms with E-state index < -0.39 is 10.8 Å². The van der Waals surface area contributed by atoms with Gasteiger partial charge in [0.2, 0.25) is 0 Å². The van der Waals surface area contributed by atoms with Gasteiger partial charge in [-0.1, -0.05) is 72.7 Å². The van der Waals surface area contributed by atoms with Gasteiger partial charge < -0.3 is 4.74 Å². The summed E-state index contributed by atoms with van der Waals surface area (Å²) in [6, 6.07) is 11.5. The number of nitrogens with zero attached hydrogens (tertiary/aromatic N) is 1. The molecule has 3 unspecified atom stereocenters. The minimum atomic E-state index is -0.631. The summed E-state index contributed by atoms with van der Waals surface area (Å²) in [6.45, 7) is 16.2. The summed E-state index contributed by atoms with van der Waals surface area (Å²) in [5, 5.41) is 10.00. The highest BCUT2D eigenvalue weighted by Gasteiger charge is 2.71. The molecule has 4 fully saturated rings. The van der Waals surface area contributed by atoms with Crippen molar-refractivity contribution in [3.05, 3.63) is 47.5 Å². The van der Waals surface area contributed by atoms with Crippen LogP contribution in [0, 0.1) is 67.5 Å². The molecular formula is C39H51NO4. The molecule has 236 valence electrons. The lowest BCUT2D eigenvalue weighted by Gasteiger charge is -2.71. The van der Waals surface area contributed by atoms with E-state index in [9.17, 15) is 19.6 Å². The summed E-state index contributed by atoms with van der Waals surface area (Å²) < 4.78 is 6.15. The lowest BCUT2D eigenvalue weighted by molar-refractivity contribution is -0.218. The van der Waals surface area contributed by atoms with Crippen LogP contribution in [0.5, 0.6) is 0 Å². The van der Waals surface area contributed by atoms with E-state index in [2.05, 4.69) is 40.7 Å². The Morgan fingerprint density at radius 2 is 1.55 bits per heavy atom. The van der Waals surface area contributed by atoms with Crippen LogP contribution in [0.2, 0.25) is 0 Å². The average molecular weight is 598 g/mol. The van der Waals surface area contributed by atoms with Gasteiger partial charge in [-0.25, -0.2) is 4.79 Å². The molecule has 0 aromatic heterocycles. The topological polar surface area (TPSA) is 84.2 Å². The fourth-order valence-electron chi connectivity index (χ4n) is 11.6. The number of Topliss-reactive ketones (excluding diaryl/α,β-unsaturated/α-hetero) is 2. The summed E-state index contributed by atoms with van der Waals surface area (Å²) in [5.41, 5.74) is -0.542. The normalized spacial score (nSPS) is 42.3. The summed E-state index contributed by atoms with van der Waals surface area (Å²) in [5.74, 6) is 0.274. The van der Waals surface area contributed by atoms with Crippen LogP contribution < -0.4 is 0 Å². The lowest BCUT2D eigenvalue weighted by atomic mass is 9.32. The third kappa shape index (κ3) is 4.33. The van der Waals surface area contributed by atoms with Crippen LogP contribution in [-0.2, 0) is 14.3 Å². The fourth-order valence-corrected chi connectivity index (χ4v) is 11.6. The van der Waals surface area contributed by atoms with E-state index in [-0.39, 0.29) is 62.7 Å². The molecule has 1 aromatic carbocycles. The van der Waals surface area contributed by atoms with Crippen molar-refractivity contribution in [2.75, 3.05) is 6.61 Å². The first kappa shape index (κ1) is 31.3. The molecule has 0 N–H and O–H groups in total. The highest BCUT2D eigenvalue weighted by Crippen LogP contribution is 2.75. The predicted octanol–water partition coefficient (Wildman–Crippen LogP) is 8.53. The van der Waals surface area contributed by atoms with Gasteiger partial charge in [0, 0.05) is 23.2 Å². The van der Waals surface area contributed by atoms with E-state index in [1.54, 1.807) is 12.1 Å². The fraction of sp³-hybridized carbons (Fsp3) is 0.692. The first-order chi connectivity index (χ1) is 20.5. The number of nitriles is 1. The molecule has 0 amide bonds. The molecule has 4 saturated carbocycles. The van der Waals surface area contributed by atoms with Gasteiger partial charge in [0.05, 0.1) is 17.7 Å². The van der Waals surface area contributed by atoms with Crippen molar-refractivity contribution < 1.29 is 19.1 Å². The van der Waals surface area contributed by atoms with Gasteiger partial charge in [0.1, 0.15) is 11.9 Å². The monoisotopic (exact) mass is 597 g/mol. The molecule has 6 rings (SSSR count). The molecule has 5 aliphatic rings. The van der Waals surface area contributed by atoms with Crippen LogP contribution >= 0.6 is 0 Å². The second-order valence-electron chi connectivity index (χ2n) is 17.3. The third-order valence-corrected chi connectivity index (χ3v) is 14.5. The number of ketones is 2. The highest BCUT2D eigenvalue weighted by molar-refractivity contribution is 6.04. The Morgan fingerprint density at radius 3 is 2.23 bits per heavy atom. The number of carbonyl (C=O) groups is 3. The molecule has 8 atom stereocenters. The SMILES string of the molecule is CC1(C)CCC2C3C(=O)CC4[C@@]5(C)C=C(C#N)C(=O)C(C)(C)[C@@H]5CC[C@@]4(C)[C@]3(C)CC[C@@]2(COC(=O)c2ccccc2)CC1. The minimum absolute atomic E-state index is 0.0501.